The van der Waals surface area contributed by atoms with Gasteiger partial charge in [-0.25, -0.2) is 9.37 Å². The van der Waals surface area contributed by atoms with E-state index >= 15 is 0 Å². The summed E-state index contributed by atoms with van der Waals surface area (Å²) >= 11 is 10.9. The molecule has 0 aliphatic heterocycles. The fraction of sp³-hybridized carbons (Fsp3) is 0.167. The van der Waals surface area contributed by atoms with E-state index in [0.717, 1.165) is 6.07 Å². The van der Waals surface area contributed by atoms with Gasteiger partial charge in [0.05, 0.1) is 10.7 Å². The summed E-state index contributed by atoms with van der Waals surface area (Å²) in [7, 11) is 0. The first kappa shape index (κ1) is 7.76. The van der Waals surface area contributed by atoms with Gasteiger partial charge in [0.15, 0.2) is 11.0 Å². The molecule has 1 aromatic rings. The van der Waals surface area contributed by atoms with Crippen LogP contribution >= 0.6 is 23.2 Å². The van der Waals surface area contributed by atoms with Gasteiger partial charge in [-0.05, 0) is 13.0 Å². The molecule has 10 heavy (non-hydrogen) atoms. The molecule has 0 fully saturated rings. The van der Waals surface area contributed by atoms with E-state index in [4.69, 9.17) is 23.2 Å². The summed E-state index contributed by atoms with van der Waals surface area (Å²) in [5.74, 6) is -0.586. The van der Waals surface area contributed by atoms with Crippen LogP contribution in [0, 0.1) is 12.7 Å². The highest BCUT2D eigenvalue weighted by atomic mass is 35.5. The Hall–Kier alpha value is -0.340. The molecular formula is C6H4Cl2FN. The molecule has 1 nitrogen and oxygen atoms in total. The van der Waals surface area contributed by atoms with Crippen molar-refractivity contribution in [3.8, 4) is 0 Å². The Labute approximate surface area is 67.8 Å². The molecular weight excluding hydrogens is 176 g/mol. The van der Waals surface area contributed by atoms with Crippen molar-refractivity contribution in [1.29, 1.82) is 0 Å². The number of rotatable bonds is 0. The normalized spacial score (nSPS) is 10.0. The SMILES string of the molecule is Cc1nc(Cl)c(F)cc1Cl. The van der Waals surface area contributed by atoms with E-state index in [-0.39, 0.29) is 5.15 Å². The van der Waals surface area contributed by atoms with Gasteiger partial charge in [-0.2, -0.15) is 0 Å². The first-order valence-electron chi connectivity index (χ1n) is 2.59. The second kappa shape index (κ2) is 2.72. The lowest BCUT2D eigenvalue weighted by atomic mass is 10.4. The zero-order valence-corrected chi connectivity index (χ0v) is 6.67. The molecule has 0 aromatic carbocycles. The second-order valence-corrected chi connectivity index (χ2v) is 2.59. The van der Waals surface area contributed by atoms with Crippen molar-refractivity contribution in [3.63, 3.8) is 0 Å². The average molecular weight is 180 g/mol. The Morgan fingerprint density at radius 2 is 2.10 bits per heavy atom. The van der Waals surface area contributed by atoms with Gasteiger partial charge in [0, 0.05) is 0 Å². The summed E-state index contributed by atoms with van der Waals surface area (Å²) in [6, 6.07) is 1.15. The molecule has 54 valence electrons. The number of hydrogen-bond acceptors (Lipinski definition) is 1. The molecule has 0 unspecified atom stereocenters. The van der Waals surface area contributed by atoms with Crippen LogP contribution in [0.4, 0.5) is 4.39 Å². The summed E-state index contributed by atoms with van der Waals surface area (Å²) in [5, 5.41) is 0.156. The second-order valence-electron chi connectivity index (χ2n) is 1.83. The molecule has 1 rings (SSSR count). The Balaban J connectivity index is 3.28. The maximum Gasteiger partial charge on any atom is 0.165 e. The summed E-state index contributed by atoms with van der Waals surface area (Å²) in [4.78, 5) is 3.63. The summed E-state index contributed by atoms with van der Waals surface area (Å²) < 4.78 is 12.5. The lowest BCUT2D eigenvalue weighted by Crippen LogP contribution is -1.87. The fourth-order valence-electron chi connectivity index (χ4n) is 0.529. The highest BCUT2D eigenvalue weighted by Crippen LogP contribution is 2.19. The molecule has 0 aliphatic rings. The molecule has 1 heterocycles. The Morgan fingerprint density at radius 1 is 1.50 bits per heavy atom. The molecule has 0 saturated heterocycles. The standard InChI is InChI=1S/C6H4Cl2FN/c1-3-4(7)2-5(9)6(8)10-3/h2H,1H3. The van der Waals surface area contributed by atoms with E-state index in [2.05, 4.69) is 4.98 Å². The number of aryl methyl sites for hydroxylation is 1. The highest BCUT2D eigenvalue weighted by molar-refractivity contribution is 6.32. The largest absolute Gasteiger partial charge is 0.237 e. The summed E-state index contributed by atoms with van der Waals surface area (Å²) in [6.07, 6.45) is 0. The van der Waals surface area contributed by atoms with Crippen molar-refractivity contribution < 1.29 is 4.39 Å². The van der Waals surface area contributed by atoms with Crippen molar-refractivity contribution in [2.75, 3.05) is 0 Å². The van der Waals surface area contributed by atoms with Crippen LogP contribution in [0.2, 0.25) is 10.2 Å². The Morgan fingerprint density at radius 3 is 2.60 bits per heavy atom. The van der Waals surface area contributed by atoms with E-state index in [0.29, 0.717) is 10.7 Å². The predicted molar refractivity (Wildman–Crippen MR) is 39.0 cm³/mol. The van der Waals surface area contributed by atoms with Gasteiger partial charge in [-0.3, -0.25) is 0 Å². The monoisotopic (exact) mass is 179 g/mol. The molecule has 0 bridgehead atoms. The highest BCUT2D eigenvalue weighted by Gasteiger charge is 2.03. The predicted octanol–water partition coefficient (Wildman–Crippen LogP) is 2.84. The van der Waals surface area contributed by atoms with Crippen LogP contribution in [0.1, 0.15) is 5.69 Å². The van der Waals surface area contributed by atoms with Crippen LogP contribution in [0.15, 0.2) is 6.07 Å². The molecule has 0 spiro atoms. The minimum atomic E-state index is -0.586. The van der Waals surface area contributed by atoms with Crippen LogP contribution in [-0.4, -0.2) is 4.98 Å². The number of nitrogens with zero attached hydrogens (tertiary/aromatic N) is 1. The van der Waals surface area contributed by atoms with Crippen LogP contribution < -0.4 is 0 Å². The zero-order valence-electron chi connectivity index (χ0n) is 5.16. The maximum absolute atomic E-state index is 12.5. The quantitative estimate of drug-likeness (QED) is 0.559. The maximum atomic E-state index is 12.5. The summed E-state index contributed by atoms with van der Waals surface area (Å²) in [6.45, 7) is 1.66. The van der Waals surface area contributed by atoms with Crippen molar-refractivity contribution in [3.05, 3.63) is 27.8 Å². The molecule has 0 radical (unpaired) electrons. The third kappa shape index (κ3) is 1.39. The minimum absolute atomic E-state index is 0.137. The molecule has 0 N–H and O–H groups in total. The third-order valence-corrected chi connectivity index (χ3v) is 1.71. The van der Waals surface area contributed by atoms with Crippen molar-refractivity contribution in [2.24, 2.45) is 0 Å². The first-order chi connectivity index (χ1) is 4.61. The van der Waals surface area contributed by atoms with Gasteiger partial charge in [0.1, 0.15) is 0 Å². The van der Waals surface area contributed by atoms with Crippen molar-refractivity contribution in [2.45, 2.75) is 6.92 Å². The Bertz CT molecular complexity index is 212. The average Bonchev–Trinajstić information content (AvgIpc) is 1.84. The number of aromatic nitrogens is 1. The third-order valence-electron chi connectivity index (χ3n) is 1.06. The number of hydrogen-bond donors (Lipinski definition) is 0. The lowest BCUT2D eigenvalue weighted by molar-refractivity contribution is 0.621. The van der Waals surface area contributed by atoms with Crippen LogP contribution in [-0.2, 0) is 0 Å². The van der Waals surface area contributed by atoms with Gasteiger partial charge >= 0.3 is 0 Å². The number of halogens is 3. The van der Waals surface area contributed by atoms with E-state index in [1.54, 1.807) is 6.92 Å². The zero-order chi connectivity index (χ0) is 7.72. The van der Waals surface area contributed by atoms with Crippen molar-refractivity contribution >= 4 is 23.2 Å². The van der Waals surface area contributed by atoms with E-state index in [9.17, 15) is 4.39 Å². The van der Waals surface area contributed by atoms with E-state index in [1.165, 1.54) is 0 Å². The molecule has 0 amide bonds. The number of pyridine rings is 1. The molecule has 4 heteroatoms. The van der Waals surface area contributed by atoms with Gasteiger partial charge in [-0.15, -0.1) is 0 Å². The van der Waals surface area contributed by atoms with Crippen LogP contribution in [0.25, 0.3) is 0 Å². The summed E-state index contributed by atoms with van der Waals surface area (Å²) in [5.41, 5.74) is 0.535. The van der Waals surface area contributed by atoms with E-state index < -0.39 is 5.82 Å². The molecule has 0 saturated carbocycles. The lowest BCUT2D eigenvalue weighted by Gasteiger charge is -1.96. The van der Waals surface area contributed by atoms with Gasteiger partial charge in [0.25, 0.3) is 0 Å². The molecule has 1 aromatic heterocycles. The topological polar surface area (TPSA) is 12.9 Å². The van der Waals surface area contributed by atoms with Gasteiger partial charge < -0.3 is 0 Å². The smallest absolute Gasteiger partial charge is 0.165 e. The van der Waals surface area contributed by atoms with Crippen molar-refractivity contribution in [1.82, 2.24) is 4.98 Å². The van der Waals surface area contributed by atoms with Gasteiger partial charge in [0.2, 0.25) is 0 Å². The Kier molecular flexibility index (Phi) is 2.11. The van der Waals surface area contributed by atoms with Crippen LogP contribution in [0.3, 0.4) is 0 Å². The van der Waals surface area contributed by atoms with E-state index in [1.807, 2.05) is 0 Å². The van der Waals surface area contributed by atoms with Gasteiger partial charge in [-0.1, -0.05) is 23.2 Å². The minimum Gasteiger partial charge on any atom is -0.237 e. The fourth-order valence-corrected chi connectivity index (χ4v) is 0.849. The molecule has 0 atom stereocenters. The molecule has 0 aliphatic carbocycles. The first-order valence-corrected chi connectivity index (χ1v) is 3.35. The van der Waals surface area contributed by atoms with Crippen LogP contribution in [0.5, 0.6) is 0 Å².